The van der Waals surface area contributed by atoms with Crippen molar-refractivity contribution in [1.82, 2.24) is 10.2 Å². The Morgan fingerprint density at radius 1 is 1.27 bits per heavy atom. The van der Waals surface area contributed by atoms with Crippen LogP contribution in [-0.4, -0.2) is 17.3 Å². The summed E-state index contributed by atoms with van der Waals surface area (Å²) in [4.78, 5) is 0. The van der Waals surface area contributed by atoms with Crippen LogP contribution in [-0.2, 0) is 0 Å². The molecule has 0 aliphatic heterocycles. The number of nitrogen functional groups attached to an aromatic ring is 1. The molecule has 0 amide bonds. The molecule has 1 aromatic heterocycles. The number of ether oxygens (including phenoxy) is 1. The largest absolute Gasteiger partial charge is 0.478 e. The molecule has 15 heavy (non-hydrogen) atoms. The van der Waals surface area contributed by atoms with Crippen LogP contribution >= 0.6 is 0 Å². The first kappa shape index (κ1) is 10.2. The molecule has 0 bridgehead atoms. The summed E-state index contributed by atoms with van der Waals surface area (Å²) < 4.78 is 4.99. The van der Waals surface area contributed by atoms with Crippen LogP contribution < -0.4 is 10.5 Å². The molecule has 1 aromatic rings. The quantitative estimate of drug-likeness (QED) is 0.806. The maximum atomic E-state index is 5.81. The molecule has 0 atom stereocenters. The second-order valence-electron chi connectivity index (χ2n) is 4.07. The van der Waals surface area contributed by atoms with Crippen LogP contribution in [0.4, 0.5) is 5.69 Å². The minimum absolute atomic E-state index is 0.426. The highest BCUT2D eigenvalue weighted by Gasteiger charge is 2.18. The van der Waals surface area contributed by atoms with E-state index in [4.69, 9.17) is 10.5 Å². The van der Waals surface area contributed by atoms with Crippen LogP contribution in [0.2, 0.25) is 0 Å². The lowest BCUT2D eigenvalue weighted by molar-refractivity contribution is 0.388. The van der Waals surface area contributed by atoms with Gasteiger partial charge in [-0.25, -0.2) is 0 Å². The minimum Gasteiger partial charge on any atom is -0.478 e. The van der Waals surface area contributed by atoms with Crippen molar-refractivity contribution in [2.45, 2.75) is 38.0 Å². The molecule has 1 aliphatic carbocycles. The smallest absolute Gasteiger partial charge is 0.256 e. The van der Waals surface area contributed by atoms with E-state index < -0.39 is 0 Å². The van der Waals surface area contributed by atoms with Crippen LogP contribution in [0.1, 0.15) is 43.7 Å². The molecular formula is C11H17N3O. The summed E-state index contributed by atoms with van der Waals surface area (Å²) in [5.41, 5.74) is 7.42. The van der Waals surface area contributed by atoms with Crippen molar-refractivity contribution in [1.29, 1.82) is 0 Å². The van der Waals surface area contributed by atoms with Gasteiger partial charge >= 0.3 is 0 Å². The molecular weight excluding hydrogens is 190 g/mol. The Hall–Kier alpha value is -1.32. The molecule has 1 aliphatic rings. The van der Waals surface area contributed by atoms with Gasteiger partial charge in [0.15, 0.2) is 0 Å². The maximum Gasteiger partial charge on any atom is 0.256 e. The lowest BCUT2D eigenvalue weighted by Gasteiger charge is -2.20. The Bertz CT molecular complexity index is 335. The molecule has 0 saturated heterocycles. The average molecular weight is 207 g/mol. The van der Waals surface area contributed by atoms with E-state index in [0.29, 0.717) is 17.5 Å². The fourth-order valence-corrected chi connectivity index (χ4v) is 2.17. The van der Waals surface area contributed by atoms with Gasteiger partial charge in [-0.15, -0.1) is 5.10 Å². The Morgan fingerprint density at radius 3 is 2.60 bits per heavy atom. The summed E-state index contributed by atoms with van der Waals surface area (Å²) in [6, 6.07) is 1.90. The van der Waals surface area contributed by atoms with E-state index in [1.807, 2.05) is 6.07 Å². The number of hydrogen-bond acceptors (Lipinski definition) is 4. The number of rotatable bonds is 2. The predicted molar refractivity (Wildman–Crippen MR) is 58.8 cm³/mol. The van der Waals surface area contributed by atoms with Crippen LogP contribution in [0.15, 0.2) is 6.07 Å². The second kappa shape index (κ2) is 4.47. The Kier molecular flexibility index (Phi) is 3.04. The Labute approximate surface area is 89.8 Å². The van der Waals surface area contributed by atoms with Crippen LogP contribution in [0.25, 0.3) is 0 Å². The topological polar surface area (TPSA) is 61.0 Å². The van der Waals surface area contributed by atoms with E-state index in [1.165, 1.54) is 32.1 Å². The van der Waals surface area contributed by atoms with E-state index in [1.54, 1.807) is 7.11 Å². The summed E-state index contributed by atoms with van der Waals surface area (Å²) in [7, 11) is 1.56. The summed E-state index contributed by atoms with van der Waals surface area (Å²) in [6.45, 7) is 0. The highest BCUT2D eigenvalue weighted by atomic mass is 16.5. The average Bonchev–Trinajstić information content (AvgIpc) is 2.30. The molecule has 82 valence electrons. The number of nitrogens with two attached hydrogens (primary N) is 1. The Morgan fingerprint density at radius 2 is 2.00 bits per heavy atom. The van der Waals surface area contributed by atoms with Crippen molar-refractivity contribution in [2.24, 2.45) is 0 Å². The molecule has 1 saturated carbocycles. The summed E-state index contributed by atoms with van der Waals surface area (Å²) >= 11 is 0. The first-order valence-corrected chi connectivity index (χ1v) is 5.48. The third kappa shape index (κ3) is 2.19. The zero-order valence-corrected chi connectivity index (χ0v) is 9.07. The van der Waals surface area contributed by atoms with Gasteiger partial charge in [0.05, 0.1) is 18.5 Å². The molecule has 2 N–H and O–H groups in total. The van der Waals surface area contributed by atoms with Gasteiger partial charge in [-0.2, -0.15) is 5.10 Å². The SMILES string of the molecule is COc1nnc(C2CCCCC2)cc1N. The van der Waals surface area contributed by atoms with Gasteiger partial charge < -0.3 is 10.5 Å². The van der Waals surface area contributed by atoms with E-state index >= 15 is 0 Å². The number of hydrogen-bond donors (Lipinski definition) is 1. The third-order valence-electron chi connectivity index (χ3n) is 3.02. The molecule has 0 radical (unpaired) electrons. The lowest BCUT2D eigenvalue weighted by atomic mass is 9.87. The lowest BCUT2D eigenvalue weighted by Crippen LogP contribution is -2.09. The van der Waals surface area contributed by atoms with E-state index in [-0.39, 0.29) is 0 Å². The number of aromatic nitrogens is 2. The molecule has 0 spiro atoms. The molecule has 4 nitrogen and oxygen atoms in total. The number of nitrogens with zero attached hydrogens (tertiary/aromatic N) is 2. The fraction of sp³-hybridized carbons (Fsp3) is 0.636. The van der Waals surface area contributed by atoms with Crippen LogP contribution in [0.5, 0.6) is 5.88 Å². The fourth-order valence-electron chi connectivity index (χ4n) is 2.17. The van der Waals surface area contributed by atoms with Crippen molar-refractivity contribution < 1.29 is 4.74 Å². The first-order chi connectivity index (χ1) is 7.31. The highest BCUT2D eigenvalue weighted by molar-refractivity contribution is 5.48. The maximum absolute atomic E-state index is 5.81. The van der Waals surface area contributed by atoms with Gasteiger partial charge in [-0.05, 0) is 18.9 Å². The minimum atomic E-state index is 0.426. The first-order valence-electron chi connectivity index (χ1n) is 5.48. The second-order valence-corrected chi connectivity index (χ2v) is 4.07. The molecule has 1 fully saturated rings. The van der Waals surface area contributed by atoms with Crippen molar-refractivity contribution in [2.75, 3.05) is 12.8 Å². The Balaban J connectivity index is 2.17. The van der Waals surface area contributed by atoms with Crippen molar-refractivity contribution in [3.8, 4) is 5.88 Å². The van der Waals surface area contributed by atoms with Gasteiger partial charge in [0.25, 0.3) is 5.88 Å². The molecule has 4 heteroatoms. The van der Waals surface area contributed by atoms with Gasteiger partial charge in [-0.1, -0.05) is 19.3 Å². The summed E-state index contributed by atoms with van der Waals surface area (Å²) in [5, 5.41) is 8.15. The van der Waals surface area contributed by atoms with Crippen LogP contribution in [0, 0.1) is 0 Å². The highest BCUT2D eigenvalue weighted by Crippen LogP contribution is 2.32. The molecule has 1 heterocycles. The monoisotopic (exact) mass is 207 g/mol. The summed E-state index contributed by atoms with van der Waals surface area (Å²) in [6.07, 6.45) is 6.34. The zero-order chi connectivity index (χ0) is 10.7. The standard InChI is InChI=1S/C11H17N3O/c1-15-11-9(12)7-10(13-14-11)8-5-3-2-4-6-8/h7-8H,2-6H2,1H3,(H2,12,13). The van der Waals surface area contributed by atoms with Gasteiger partial charge in [0.1, 0.15) is 0 Å². The normalized spacial score (nSPS) is 17.7. The predicted octanol–water partition coefficient (Wildman–Crippen LogP) is 2.12. The van der Waals surface area contributed by atoms with Crippen LogP contribution in [0.3, 0.4) is 0 Å². The van der Waals surface area contributed by atoms with E-state index in [9.17, 15) is 0 Å². The van der Waals surface area contributed by atoms with Crippen molar-refractivity contribution in [3.63, 3.8) is 0 Å². The van der Waals surface area contributed by atoms with Gasteiger partial charge in [-0.3, -0.25) is 0 Å². The summed E-state index contributed by atoms with van der Waals surface area (Å²) in [5.74, 6) is 0.967. The van der Waals surface area contributed by atoms with Gasteiger partial charge in [0.2, 0.25) is 0 Å². The van der Waals surface area contributed by atoms with Gasteiger partial charge in [0, 0.05) is 5.92 Å². The van der Waals surface area contributed by atoms with Crippen molar-refractivity contribution >= 4 is 5.69 Å². The van der Waals surface area contributed by atoms with E-state index in [2.05, 4.69) is 10.2 Å². The third-order valence-corrected chi connectivity index (χ3v) is 3.02. The number of anilines is 1. The molecule has 0 unspecified atom stereocenters. The number of methoxy groups -OCH3 is 1. The zero-order valence-electron chi connectivity index (χ0n) is 9.07. The van der Waals surface area contributed by atoms with E-state index in [0.717, 1.165) is 5.69 Å². The molecule has 0 aromatic carbocycles. The van der Waals surface area contributed by atoms with Crippen molar-refractivity contribution in [3.05, 3.63) is 11.8 Å². The molecule has 2 rings (SSSR count).